The molecule has 108 valence electrons. The van der Waals surface area contributed by atoms with Crippen LogP contribution in [0, 0.1) is 17.6 Å². The number of hydrogen-bond donors (Lipinski definition) is 1. The van der Waals surface area contributed by atoms with Crippen molar-refractivity contribution in [3.05, 3.63) is 35.4 Å². The average molecular weight is 302 g/mol. The van der Waals surface area contributed by atoms with Gasteiger partial charge in [0.05, 0.1) is 12.7 Å². The molecule has 7 heteroatoms. The van der Waals surface area contributed by atoms with Crippen molar-refractivity contribution >= 4 is 16.9 Å². The number of thioether (sulfide) groups is 1. The molecule has 3 atom stereocenters. The fourth-order valence-electron chi connectivity index (χ4n) is 2.86. The molecule has 0 radical (unpaired) electrons. The number of ether oxygens (including phenoxy) is 1. The number of rotatable bonds is 2. The van der Waals surface area contributed by atoms with E-state index in [1.54, 1.807) is 0 Å². The zero-order chi connectivity index (χ0) is 14.3. The molecule has 1 fully saturated rings. The fraction of sp³-hybridized carbons (Fsp3) is 0.462. The third-order valence-electron chi connectivity index (χ3n) is 3.87. The molecule has 1 aromatic rings. The van der Waals surface area contributed by atoms with E-state index in [2.05, 4.69) is 4.99 Å². The van der Waals surface area contributed by atoms with Gasteiger partial charge in [0.15, 0.2) is 16.8 Å². The van der Waals surface area contributed by atoms with Gasteiger partial charge in [0.25, 0.3) is 0 Å². The van der Waals surface area contributed by atoms with Gasteiger partial charge in [-0.15, -0.1) is 0 Å². The second kappa shape index (κ2) is 4.96. The summed E-state index contributed by atoms with van der Waals surface area (Å²) in [6, 6.07) is 3.91. The van der Waals surface area contributed by atoms with E-state index in [9.17, 15) is 13.2 Å². The first-order valence-corrected chi connectivity index (χ1v) is 7.17. The van der Waals surface area contributed by atoms with Crippen molar-refractivity contribution in [1.29, 1.82) is 0 Å². The molecule has 20 heavy (non-hydrogen) atoms. The Bertz CT molecular complexity index is 569. The Morgan fingerprint density at radius 3 is 3.00 bits per heavy atom. The van der Waals surface area contributed by atoms with Crippen LogP contribution in [0.1, 0.15) is 5.56 Å². The lowest BCUT2D eigenvalue weighted by atomic mass is 9.79. The summed E-state index contributed by atoms with van der Waals surface area (Å²) in [5.41, 5.74) is 4.69. The van der Waals surface area contributed by atoms with Gasteiger partial charge in [-0.25, -0.2) is 18.2 Å². The lowest BCUT2D eigenvalue weighted by Gasteiger charge is -2.35. The highest BCUT2D eigenvalue weighted by Gasteiger charge is 2.54. The molecule has 3 nitrogen and oxygen atoms in total. The standard InChI is InChI=1S/C13H13F3N2OS/c14-4-10-8-5-20-12(17)18-13(8,6-19-10)7-2-1-3-9(15)11(7)16/h1-3,8,10H,4-6H2,(H2,17,18)/t8-,10-,13-/m1/s1. The molecule has 1 saturated heterocycles. The molecule has 2 aliphatic heterocycles. The third kappa shape index (κ3) is 1.91. The third-order valence-corrected chi connectivity index (χ3v) is 4.78. The minimum atomic E-state index is -1.13. The second-order valence-corrected chi connectivity index (χ2v) is 5.94. The van der Waals surface area contributed by atoms with E-state index in [0.717, 1.165) is 6.07 Å². The van der Waals surface area contributed by atoms with Gasteiger partial charge in [0, 0.05) is 17.2 Å². The monoisotopic (exact) mass is 302 g/mol. The van der Waals surface area contributed by atoms with E-state index in [0.29, 0.717) is 5.75 Å². The zero-order valence-electron chi connectivity index (χ0n) is 10.5. The maximum absolute atomic E-state index is 14.1. The van der Waals surface area contributed by atoms with Crippen LogP contribution in [0.25, 0.3) is 0 Å². The van der Waals surface area contributed by atoms with E-state index < -0.39 is 30.0 Å². The first-order chi connectivity index (χ1) is 9.58. The van der Waals surface area contributed by atoms with Gasteiger partial charge in [-0.05, 0) is 6.07 Å². The Morgan fingerprint density at radius 2 is 2.25 bits per heavy atom. The van der Waals surface area contributed by atoms with E-state index in [-0.39, 0.29) is 23.3 Å². The van der Waals surface area contributed by atoms with Crippen LogP contribution in [0.4, 0.5) is 13.2 Å². The number of halogens is 3. The van der Waals surface area contributed by atoms with Gasteiger partial charge in [0.1, 0.15) is 12.2 Å². The smallest absolute Gasteiger partial charge is 0.164 e. The molecule has 0 aromatic heterocycles. The van der Waals surface area contributed by atoms with Crippen LogP contribution >= 0.6 is 11.8 Å². The predicted octanol–water partition coefficient (Wildman–Crippen LogP) is 2.21. The minimum Gasteiger partial charge on any atom is -0.379 e. The van der Waals surface area contributed by atoms with Crippen LogP contribution in [0.2, 0.25) is 0 Å². The molecule has 0 bridgehead atoms. The highest BCUT2D eigenvalue weighted by molar-refractivity contribution is 8.13. The summed E-state index contributed by atoms with van der Waals surface area (Å²) in [6.45, 7) is -0.673. The molecular weight excluding hydrogens is 289 g/mol. The Morgan fingerprint density at radius 1 is 1.45 bits per heavy atom. The van der Waals surface area contributed by atoms with Gasteiger partial charge in [-0.3, -0.25) is 0 Å². The zero-order valence-corrected chi connectivity index (χ0v) is 11.3. The number of amidine groups is 1. The minimum absolute atomic E-state index is 0.00782. The maximum atomic E-state index is 14.1. The first-order valence-electron chi connectivity index (χ1n) is 6.18. The highest BCUT2D eigenvalue weighted by Crippen LogP contribution is 2.48. The summed E-state index contributed by atoms with van der Waals surface area (Å²) in [5.74, 6) is -1.81. The number of hydrogen-bond acceptors (Lipinski definition) is 4. The normalized spacial score (nSPS) is 32.9. The van der Waals surface area contributed by atoms with Crippen molar-refractivity contribution in [1.82, 2.24) is 0 Å². The summed E-state index contributed by atoms with van der Waals surface area (Å²) in [6.07, 6.45) is -0.665. The molecule has 3 rings (SSSR count). The van der Waals surface area contributed by atoms with Crippen molar-refractivity contribution in [2.24, 2.45) is 16.6 Å². The molecule has 0 aliphatic carbocycles. The summed E-state index contributed by atoms with van der Waals surface area (Å²) in [5, 5.41) is 0.285. The van der Waals surface area contributed by atoms with Crippen LogP contribution in [-0.4, -0.2) is 30.3 Å². The topological polar surface area (TPSA) is 47.6 Å². The molecule has 2 heterocycles. The van der Waals surface area contributed by atoms with Gasteiger partial charge in [-0.1, -0.05) is 23.9 Å². The average Bonchev–Trinajstić information content (AvgIpc) is 2.80. The largest absolute Gasteiger partial charge is 0.379 e. The van der Waals surface area contributed by atoms with Crippen molar-refractivity contribution in [2.75, 3.05) is 19.0 Å². The Hall–Kier alpha value is -1.21. The molecule has 0 amide bonds. The fourth-order valence-corrected chi connectivity index (χ4v) is 3.93. The van der Waals surface area contributed by atoms with Crippen molar-refractivity contribution in [3.63, 3.8) is 0 Å². The quantitative estimate of drug-likeness (QED) is 0.911. The number of nitrogens with two attached hydrogens (primary N) is 1. The summed E-state index contributed by atoms with van der Waals surface area (Å²) < 4.78 is 46.1. The van der Waals surface area contributed by atoms with Crippen molar-refractivity contribution in [3.8, 4) is 0 Å². The molecule has 2 aliphatic rings. The van der Waals surface area contributed by atoms with Crippen LogP contribution < -0.4 is 5.73 Å². The van der Waals surface area contributed by atoms with Gasteiger partial charge in [0.2, 0.25) is 0 Å². The SMILES string of the molecule is NC1=N[C@@]2(c3cccc(F)c3F)CO[C@H](CF)[C@H]2CS1. The summed E-state index contributed by atoms with van der Waals surface area (Å²) in [7, 11) is 0. The van der Waals surface area contributed by atoms with Crippen LogP contribution in [-0.2, 0) is 10.3 Å². The summed E-state index contributed by atoms with van der Waals surface area (Å²) >= 11 is 1.28. The van der Waals surface area contributed by atoms with Crippen LogP contribution in [0.5, 0.6) is 0 Å². The van der Waals surface area contributed by atoms with Crippen molar-refractivity contribution < 1.29 is 17.9 Å². The van der Waals surface area contributed by atoms with Crippen LogP contribution in [0.15, 0.2) is 23.2 Å². The van der Waals surface area contributed by atoms with E-state index >= 15 is 0 Å². The number of aliphatic imine (C=N–C) groups is 1. The maximum Gasteiger partial charge on any atom is 0.164 e. The molecule has 0 unspecified atom stereocenters. The van der Waals surface area contributed by atoms with E-state index in [1.165, 1.54) is 23.9 Å². The van der Waals surface area contributed by atoms with Gasteiger partial charge >= 0.3 is 0 Å². The lowest BCUT2D eigenvalue weighted by molar-refractivity contribution is 0.0721. The van der Waals surface area contributed by atoms with Gasteiger partial charge in [-0.2, -0.15) is 0 Å². The first kappa shape index (κ1) is 13.8. The molecular formula is C13H13F3N2OS. The second-order valence-electron chi connectivity index (χ2n) is 4.90. The van der Waals surface area contributed by atoms with Crippen molar-refractivity contribution in [2.45, 2.75) is 11.6 Å². The highest BCUT2D eigenvalue weighted by atomic mass is 32.2. The van der Waals surface area contributed by atoms with Gasteiger partial charge < -0.3 is 10.5 Å². The number of fused-ring (bicyclic) bond motifs is 1. The number of benzene rings is 1. The molecule has 2 N–H and O–H groups in total. The van der Waals surface area contributed by atoms with E-state index in [4.69, 9.17) is 10.5 Å². The molecule has 1 aromatic carbocycles. The molecule has 0 saturated carbocycles. The number of alkyl halides is 1. The Labute approximate surface area is 118 Å². The van der Waals surface area contributed by atoms with Crippen LogP contribution in [0.3, 0.4) is 0 Å². The van der Waals surface area contributed by atoms with E-state index in [1.807, 2.05) is 0 Å². The predicted molar refractivity (Wildman–Crippen MR) is 71.3 cm³/mol. The Kier molecular flexibility index (Phi) is 3.41. The Balaban J connectivity index is 2.16. The lowest BCUT2D eigenvalue weighted by Crippen LogP contribution is -2.42. The number of nitrogens with zero attached hydrogens (tertiary/aromatic N) is 1. The summed E-state index contributed by atoms with van der Waals surface area (Å²) in [4.78, 5) is 4.31. The molecule has 0 spiro atoms.